The van der Waals surface area contributed by atoms with Gasteiger partial charge in [0.05, 0.1) is 5.92 Å². The van der Waals surface area contributed by atoms with Crippen LogP contribution in [0.2, 0.25) is 0 Å². The molecule has 0 heterocycles. The van der Waals surface area contributed by atoms with Crippen molar-refractivity contribution in [2.75, 3.05) is 7.05 Å². The number of hydrogen-bond acceptors (Lipinski definition) is 1. The van der Waals surface area contributed by atoms with Gasteiger partial charge in [-0.25, -0.2) is 0 Å². The van der Waals surface area contributed by atoms with Crippen LogP contribution in [-0.2, 0) is 4.79 Å². The number of carbonyl (C=O) groups is 1. The molecular formula is C19H29NO. The molecule has 2 rings (SSSR count). The van der Waals surface area contributed by atoms with Crippen LogP contribution in [0.5, 0.6) is 0 Å². The zero-order chi connectivity index (χ0) is 15.2. The van der Waals surface area contributed by atoms with E-state index in [1.54, 1.807) is 0 Å². The minimum absolute atomic E-state index is 0.0283. The maximum atomic E-state index is 12.9. The molecule has 0 aliphatic heterocycles. The van der Waals surface area contributed by atoms with Crippen LogP contribution in [-0.4, -0.2) is 23.9 Å². The predicted molar refractivity (Wildman–Crippen MR) is 88.3 cm³/mol. The predicted octanol–water partition coefficient (Wildman–Crippen LogP) is 4.61. The fourth-order valence-electron chi connectivity index (χ4n) is 3.46. The zero-order valence-electron chi connectivity index (χ0n) is 13.7. The van der Waals surface area contributed by atoms with Gasteiger partial charge >= 0.3 is 0 Å². The van der Waals surface area contributed by atoms with Crippen molar-refractivity contribution in [3.8, 4) is 0 Å². The summed E-state index contributed by atoms with van der Waals surface area (Å²) in [5, 5.41) is 0. The Balaban J connectivity index is 2.07. The van der Waals surface area contributed by atoms with E-state index in [2.05, 4.69) is 26.0 Å². The van der Waals surface area contributed by atoms with Crippen LogP contribution >= 0.6 is 0 Å². The number of benzene rings is 1. The van der Waals surface area contributed by atoms with Crippen molar-refractivity contribution < 1.29 is 4.79 Å². The molecular weight excluding hydrogens is 258 g/mol. The summed E-state index contributed by atoms with van der Waals surface area (Å²) in [5.41, 5.74) is 1.17. The van der Waals surface area contributed by atoms with Gasteiger partial charge in [-0.15, -0.1) is 0 Å². The molecule has 1 saturated carbocycles. The summed E-state index contributed by atoms with van der Waals surface area (Å²) in [6.07, 6.45) is 6.82. The van der Waals surface area contributed by atoms with Gasteiger partial charge in [0.25, 0.3) is 0 Å². The Morgan fingerprint density at radius 1 is 1.19 bits per heavy atom. The maximum absolute atomic E-state index is 12.9. The average molecular weight is 287 g/mol. The molecule has 1 amide bonds. The largest absolute Gasteiger partial charge is 0.342 e. The van der Waals surface area contributed by atoms with E-state index in [0.29, 0.717) is 11.9 Å². The highest BCUT2D eigenvalue weighted by Gasteiger charge is 2.29. The number of amides is 1. The molecule has 1 aliphatic rings. The van der Waals surface area contributed by atoms with Gasteiger partial charge in [-0.1, -0.05) is 50.6 Å². The van der Waals surface area contributed by atoms with E-state index in [0.717, 1.165) is 31.6 Å². The molecule has 116 valence electrons. The fourth-order valence-corrected chi connectivity index (χ4v) is 3.46. The lowest BCUT2D eigenvalue weighted by atomic mass is 9.85. The number of nitrogens with zero attached hydrogens (tertiary/aromatic N) is 1. The van der Waals surface area contributed by atoms with E-state index in [1.165, 1.54) is 18.4 Å². The normalized spacial score (nSPS) is 23.6. The van der Waals surface area contributed by atoms with E-state index in [4.69, 9.17) is 0 Å². The van der Waals surface area contributed by atoms with E-state index in [9.17, 15) is 4.79 Å². The summed E-state index contributed by atoms with van der Waals surface area (Å²) in [4.78, 5) is 15.0. The Bertz CT molecular complexity index is 434. The molecule has 0 radical (unpaired) electrons. The van der Waals surface area contributed by atoms with Crippen LogP contribution in [0, 0.1) is 5.92 Å². The van der Waals surface area contributed by atoms with E-state index in [1.807, 2.05) is 30.1 Å². The molecule has 1 atom stereocenters. The van der Waals surface area contributed by atoms with Crippen LogP contribution in [0.15, 0.2) is 30.3 Å². The summed E-state index contributed by atoms with van der Waals surface area (Å²) in [5.74, 6) is 1.16. The molecule has 1 fully saturated rings. The Morgan fingerprint density at radius 2 is 1.81 bits per heavy atom. The van der Waals surface area contributed by atoms with Crippen LogP contribution in [0.3, 0.4) is 0 Å². The standard InChI is InChI=1S/C19H29NO/c1-4-8-18(16-9-6-5-7-10-16)19(21)20(3)17-13-11-15(2)12-14-17/h5-7,9-10,15,17-18H,4,8,11-14H2,1-3H3. The molecule has 0 spiro atoms. The molecule has 0 bridgehead atoms. The van der Waals surface area contributed by atoms with Gasteiger partial charge in [0, 0.05) is 13.1 Å². The molecule has 0 saturated heterocycles. The molecule has 1 aliphatic carbocycles. The summed E-state index contributed by atoms with van der Waals surface area (Å²) in [6, 6.07) is 10.7. The topological polar surface area (TPSA) is 20.3 Å². The number of hydrogen-bond donors (Lipinski definition) is 0. The van der Waals surface area contributed by atoms with Gasteiger partial charge in [0.15, 0.2) is 0 Å². The van der Waals surface area contributed by atoms with E-state index >= 15 is 0 Å². The van der Waals surface area contributed by atoms with E-state index < -0.39 is 0 Å². The molecule has 21 heavy (non-hydrogen) atoms. The minimum atomic E-state index is 0.0283. The van der Waals surface area contributed by atoms with Gasteiger partial charge in [-0.2, -0.15) is 0 Å². The van der Waals surface area contributed by atoms with Gasteiger partial charge < -0.3 is 4.90 Å². The third kappa shape index (κ3) is 4.09. The second-order valence-corrected chi connectivity index (χ2v) is 6.61. The molecule has 2 nitrogen and oxygen atoms in total. The molecule has 1 aromatic rings. The van der Waals surface area contributed by atoms with Gasteiger partial charge in [0.1, 0.15) is 0 Å². The fraction of sp³-hybridized carbons (Fsp3) is 0.632. The lowest BCUT2D eigenvalue weighted by Crippen LogP contribution is -2.41. The maximum Gasteiger partial charge on any atom is 0.230 e. The van der Waals surface area contributed by atoms with Gasteiger partial charge in [0.2, 0.25) is 5.91 Å². The Hall–Kier alpha value is -1.31. The first-order chi connectivity index (χ1) is 10.1. The van der Waals surface area contributed by atoms with Crippen molar-refractivity contribution in [3.63, 3.8) is 0 Å². The van der Waals surface area contributed by atoms with Crippen molar-refractivity contribution in [2.24, 2.45) is 5.92 Å². The highest BCUT2D eigenvalue weighted by atomic mass is 16.2. The van der Waals surface area contributed by atoms with Gasteiger partial charge in [-0.3, -0.25) is 4.79 Å². The first-order valence-electron chi connectivity index (χ1n) is 8.45. The monoisotopic (exact) mass is 287 g/mol. The summed E-state index contributed by atoms with van der Waals surface area (Å²) < 4.78 is 0. The lowest BCUT2D eigenvalue weighted by Gasteiger charge is -2.35. The molecule has 0 N–H and O–H groups in total. The van der Waals surface area contributed by atoms with Crippen LogP contribution in [0.25, 0.3) is 0 Å². The van der Waals surface area contributed by atoms with Gasteiger partial charge in [-0.05, 0) is 43.6 Å². The second-order valence-electron chi connectivity index (χ2n) is 6.61. The molecule has 0 aromatic heterocycles. The molecule has 2 heteroatoms. The van der Waals surface area contributed by atoms with Crippen LogP contribution < -0.4 is 0 Å². The molecule has 1 unspecified atom stereocenters. The third-order valence-electron chi connectivity index (χ3n) is 4.96. The minimum Gasteiger partial charge on any atom is -0.342 e. The highest BCUT2D eigenvalue weighted by molar-refractivity contribution is 5.83. The Kier molecular flexibility index (Phi) is 5.84. The van der Waals surface area contributed by atoms with Crippen molar-refractivity contribution in [2.45, 2.75) is 64.3 Å². The Morgan fingerprint density at radius 3 is 2.38 bits per heavy atom. The molecule has 1 aromatic carbocycles. The van der Waals surface area contributed by atoms with Crippen LogP contribution in [0.4, 0.5) is 0 Å². The van der Waals surface area contributed by atoms with Crippen molar-refractivity contribution >= 4 is 5.91 Å². The van der Waals surface area contributed by atoms with Crippen molar-refractivity contribution in [1.29, 1.82) is 0 Å². The summed E-state index contributed by atoms with van der Waals surface area (Å²) in [6.45, 7) is 4.48. The third-order valence-corrected chi connectivity index (χ3v) is 4.96. The SMILES string of the molecule is CCCC(C(=O)N(C)C1CCC(C)CC1)c1ccccc1. The van der Waals surface area contributed by atoms with Crippen molar-refractivity contribution in [1.82, 2.24) is 4.90 Å². The zero-order valence-corrected chi connectivity index (χ0v) is 13.7. The smallest absolute Gasteiger partial charge is 0.230 e. The van der Waals surface area contributed by atoms with Crippen LogP contribution in [0.1, 0.15) is 63.9 Å². The van der Waals surface area contributed by atoms with Crippen molar-refractivity contribution in [3.05, 3.63) is 35.9 Å². The second kappa shape index (κ2) is 7.63. The highest BCUT2D eigenvalue weighted by Crippen LogP contribution is 2.30. The lowest BCUT2D eigenvalue weighted by molar-refractivity contribution is -0.134. The summed E-state index contributed by atoms with van der Waals surface area (Å²) in [7, 11) is 2.01. The quantitative estimate of drug-likeness (QED) is 0.774. The number of likely N-dealkylation sites (N-methyl/N-ethyl adjacent to an activating group) is 1. The average Bonchev–Trinajstić information content (AvgIpc) is 2.53. The first kappa shape index (κ1) is 16.1. The van der Waals surface area contributed by atoms with E-state index in [-0.39, 0.29) is 5.92 Å². The first-order valence-corrected chi connectivity index (χ1v) is 8.45. The number of rotatable bonds is 5. The Labute approximate surface area is 129 Å². The summed E-state index contributed by atoms with van der Waals surface area (Å²) >= 11 is 0. The number of carbonyl (C=O) groups excluding carboxylic acids is 1.